The van der Waals surface area contributed by atoms with Gasteiger partial charge in [-0.2, -0.15) is 0 Å². The van der Waals surface area contributed by atoms with Gasteiger partial charge in [-0.3, -0.25) is 0 Å². The van der Waals surface area contributed by atoms with Crippen LogP contribution in [0.2, 0.25) is 0 Å². The van der Waals surface area contributed by atoms with Gasteiger partial charge in [0.25, 0.3) is 0 Å². The number of nitrogens with zero attached hydrogens (tertiary/aromatic N) is 2. The van der Waals surface area contributed by atoms with E-state index in [-0.39, 0.29) is 16.8 Å². The second-order valence-electron chi connectivity index (χ2n) is 5.46. The van der Waals surface area contributed by atoms with E-state index in [1.807, 2.05) is 24.3 Å². The molecule has 0 amide bonds. The average molecular weight is 354 g/mol. The number of nitrogens with one attached hydrogen (secondary N) is 1. The molecule has 0 aliphatic rings. The Morgan fingerprint density at radius 3 is 2.72 bits per heavy atom. The number of thiocarbonyl (C=S) groups is 1. The summed E-state index contributed by atoms with van der Waals surface area (Å²) in [5.74, 6) is -0.342. The Hall–Kier alpha value is -3.06. The molecule has 0 radical (unpaired) electrons. The summed E-state index contributed by atoms with van der Waals surface area (Å²) in [4.78, 5) is 2.90. The van der Waals surface area contributed by atoms with E-state index >= 15 is 0 Å². The van der Waals surface area contributed by atoms with Gasteiger partial charge in [0.2, 0.25) is 5.11 Å². The molecule has 0 fully saturated rings. The van der Waals surface area contributed by atoms with Gasteiger partial charge >= 0.3 is 0 Å². The standard InChI is InChI=1S/C18H15FN4OS/c1-10-8-11(19)6-7-12(10)16(22-23-18(20)25)9-14-13-4-2-3-5-15(13)21-17(14)24/h2-9,21,24H,1H3,(H2,20,25)/b16-9-,23-22?. The molecular weight excluding hydrogens is 339 g/mol. The average Bonchev–Trinajstić information content (AvgIpc) is 2.87. The number of rotatable bonds is 3. The Labute approximate surface area is 148 Å². The number of fused-ring (bicyclic) bond motifs is 1. The predicted molar refractivity (Wildman–Crippen MR) is 101 cm³/mol. The van der Waals surface area contributed by atoms with Crippen molar-refractivity contribution in [2.45, 2.75) is 6.92 Å². The zero-order chi connectivity index (χ0) is 18.0. The van der Waals surface area contributed by atoms with Crippen LogP contribution in [0, 0.1) is 12.7 Å². The van der Waals surface area contributed by atoms with E-state index < -0.39 is 0 Å². The Balaban J connectivity index is 2.21. The molecule has 25 heavy (non-hydrogen) atoms. The Morgan fingerprint density at radius 1 is 1.24 bits per heavy atom. The molecule has 0 aliphatic heterocycles. The highest BCUT2D eigenvalue weighted by Gasteiger charge is 2.12. The van der Waals surface area contributed by atoms with Crippen LogP contribution in [-0.4, -0.2) is 15.2 Å². The number of aryl methyl sites for hydroxylation is 1. The Kier molecular flexibility index (Phi) is 4.58. The van der Waals surface area contributed by atoms with Gasteiger partial charge in [-0.1, -0.05) is 18.2 Å². The molecule has 0 saturated carbocycles. The summed E-state index contributed by atoms with van der Waals surface area (Å²) in [6.45, 7) is 1.76. The summed E-state index contributed by atoms with van der Waals surface area (Å²) < 4.78 is 13.4. The Morgan fingerprint density at radius 2 is 2.00 bits per heavy atom. The maximum absolute atomic E-state index is 13.4. The van der Waals surface area contributed by atoms with Gasteiger partial charge in [-0.25, -0.2) is 4.39 Å². The number of benzene rings is 2. The summed E-state index contributed by atoms with van der Waals surface area (Å²) in [7, 11) is 0. The van der Waals surface area contributed by atoms with Crippen LogP contribution in [0.5, 0.6) is 5.88 Å². The van der Waals surface area contributed by atoms with Crippen molar-refractivity contribution in [3.05, 3.63) is 65.0 Å². The van der Waals surface area contributed by atoms with E-state index in [0.717, 1.165) is 10.9 Å². The van der Waals surface area contributed by atoms with Crippen LogP contribution < -0.4 is 5.73 Å². The van der Waals surface area contributed by atoms with Crippen LogP contribution in [0.15, 0.2) is 52.7 Å². The van der Waals surface area contributed by atoms with Gasteiger partial charge in [-0.15, -0.1) is 10.2 Å². The fraction of sp³-hybridized carbons (Fsp3) is 0.0556. The molecule has 3 rings (SSSR count). The monoisotopic (exact) mass is 354 g/mol. The Bertz CT molecular complexity index is 1020. The second kappa shape index (κ2) is 6.82. The normalized spacial score (nSPS) is 12.2. The number of aromatic amines is 1. The first kappa shape index (κ1) is 16.8. The molecule has 4 N–H and O–H groups in total. The minimum absolute atomic E-state index is 0.00369. The summed E-state index contributed by atoms with van der Waals surface area (Å²) in [5, 5.41) is 18.8. The smallest absolute Gasteiger partial charge is 0.211 e. The first-order valence-electron chi connectivity index (χ1n) is 7.45. The van der Waals surface area contributed by atoms with Crippen LogP contribution in [0.25, 0.3) is 22.7 Å². The number of para-hydroxylation sites is 1. The van der Waals surface area contributed by atoms with E-state index in [0.29, 0.717) is 22.4 Å². The number of aromatic nitrogens is 1. The molecule has 0 aliphatic carbocycles. The predicted octanol–water partition coefficient (Wildman–Crippen LogP) is 4.51. The van der Waals surface area contributed by atoms with E-state index in [1.54, 1.807) is 19.1 Å². The highest BCUT2D eigenvalue weighted by molar-refractivity contribution is 7.80. The lowest BCUT2D eigenvalue weighted by molar-refractivity contribution is 0.457. The second-order valence-corrected chi connectivity index (χ2v) is 5.88. The summed E-state index contributed by atoms with van der Waals surface area (Å²) >= 11 is 4.74. The van der Waals surface area contributed by atoms with Gasteiger partial charge in [0.15, 0.2) is 5.88 Å². The topological polar surface area (TPSA) is 86.8 Å². The molecule has 0 unspecified atom stereocenters. The minimum atomic E-state index is -0.346. The maximum Gasteiger partial charge on any atom is 0.211 e. The third kappa shape index (κ3) is 3.56. The largest absolute Gasteiger partial charge is 0.494 e. The fourth-order valence-electron chi connectivity index (χ4n) is 2.61. The molecule has 0 saturated heterocycles. The molecule has 1 heterocycles. The number of aromatic hydroxyl groups is 1. The van der Waals surface area contributed by atoms with Crippen LogP contribution in [0.1, 0.15) is 16.7 Å². The summed E-state index contributed by atoms with van der Waals surface area (Å²) in [6, 6.07) is 11.8. The maximum atomic E-state index is 13.4. The van der Waals surface area contributed by atoms with E-state index in [1.165, 1.54) is 12.1 Å². The third-order valence-corrected chi connectivity index (χ3v) is 3.81. The van der Waals surface area contributed by atoms with Crippen LogP contribution in [-0.2, 0) is 0 Å². The molecule has 0 bridgehead atoms. The van der Waals surface area contributed by atoms with Crippen LogP contribution in [0.3, 0.4) is 0 Å². The molecule has 126 valence electrons. The molecule has 7 heteroatoms. The van der Waals surface area contributed by atoms with Crippen molar-refractivity contribution in [1.29, 1.82) is 0 Å². The van der Waals surface area contributed by atoms with E-state index in [9.17, 15) is 9.50 Å². The quantitative estimate of drug-likeness (QED) is 0.477. The first-order chi connectivity index (χ1) is 12.0. The molecule has 3 aromatic rings. The minimum Gasteiger partial charge on any atom is -0.494 e. The zero-order valence-electron chi connectivity index (χ0n) is 13.3. The third-order valence-electron chi connectivity index (χ3n) is 3.73. The lowest BCUT2D eigenvalue weighted by Gasteiger charge is -2.06. The lowest BCUT2D eigenvalue weighted by Crippen LogP contribution is -2.02. The number of H-pyrrole nitrogens is 1. The van der Waals surface area contributed by atoms with Crippen LogP contribution >= 0.6 is 12.2 Å². The van der Waals surface area contributed by atoms with Crippen molar-refractivity contribution >= 4 is 40.0 Å². The van der Waals surface area contributed by atoms with Crippen molar-refractivity contribution in [2.75, 3.05) is 0 Å². The number of nitrogens with two attached hydrogens (primary N) is 1. The van der Waals surface area contributed by atoms with Gasteiger partial charge < -0.3 is 15.8 Å². The van der Waals surface area contributed by atoms with Gasteiger partial charge in [0.05, 0.1) is 5.70 Å². The number of azo groups is 1. The molecule has 0 spiro atoms. The van der Waals surface area contributed by atoms with Gasteiger partial charge in [-0.05, 0) is 55.0 Å². The number of hydrogen-bond acceptors (Lipinski definition) is 3. The molecule has 1 aromatic heterocycles. The van der Waals surface area contributed by atoms with Crippen molar-refractivity contribution in [3.63, 3.8) is 0 Å². The van der Waals surface area contributed by atoms with Crippen molar-refractivity contribution in [1.82, 2.24) is 4.98 Å². The zero-order valence-corrected chi connectivity index (χ0v) is 14.1. The SMILES string of the molecule is Cc1cc(F)ccc1/C(=C/c1c(O)[nH]c2ccccc12)N=NC(N)=S. The summed E-state index contributed by atoms with van der Waals surface area (Å²) in [6.07, 6.45) is 1.66. The van der Waals surface area contributed by atoms with Crippen molar-refractivity contribution in [3.8, 4) is 5.88 Å². The van der Waals surface area contributed by atoms with Crippen molar-refractivity contribution < 1.29 is 9.50 Å². The molecule has 5 nitrogen and oxygen atoms in total. The van der Waals surface area contributed by atoms with E-state index in [2.05, 4.69) is 15.2 Å². The van der Waals surface area contributed by atoms with Gasteiger partial charge in [0.1, 0.15) is 5.82 Å². The van der Waals surface area contributed by atoms with E-state index in [4.69, 9.17) is 18.0 Å². The highest BCUT2D eigenvalue weighted by Crippen LogP contribution is 2.32. The highest BCUT2D eigenvalue weighted by atomic mass is 32.1. The van der Waals surface area contributed by atoms with Crippen LogP contribution in [0.4, 0.5) is 4.39 Å². The fourth-order valence-corrected chi connectivity index (χ4v) is 2.65. The lowest BCUT2D eigenvalue weighted by atomic mass is 10.0. The number of halogens is 1. The van der Waals surface area contributed by atoms with Gasteiger partial charge in [0, 0.05) is 22.0 Å². The number of hydrogen-bond donors (Lipinski definition) is 3. The first-order valence-corrected chi connectivity index (χ1v) is 7.85. The van der Waals surface area contributed by atoms with Crippen molar-refractivity contribution in [2.24, 2.45) is 16.0 Å². The molecule has 2 aromatic carbocycles. The molecular formula is C18H15FN4OS. The molecule has 0 atom stereocenters. The summed E-state index contributed by atoms with van der Waals surface area (Å²) in [5.41, 5.74) is 8.48.